The van der Waals surface area contributed by atoms with Gasteiger partial charge in [-0.25, -0.2) is 4.79 Å². The summed E-state index contributed by atoms with van der Waals surface area (Å²) in [7, 11) is 0. The number of esters is 1. The minimum absolute atomic E-state index is 0.235. The molecule has 0 unspecified atom stereocenters. The lowest BCUT2D eigenvalue weighted by Crippen LogP contribution is -2.08. The van der Waals surface area contributed by atoms with E-state index < -0.39 is 5.97 Å². The van der Waals surface area contributed by atoms with Gasteiger partial charge in [0.15, 0.2) is 0 Å². The maximum atomic E-state index is 11.6. The molecule has 5 heteroatoms. The molecule has 0 aliphatic heterocycles. The zero-order chi connectivity index (χ0) is 11.5. The van der Waals surface area contributed by atoms with Crippen LogP contribution in [0.2, 0.25) is 0 Å². The summed E-state index contributed by atoms with van der Waals surface area (Å²) in [6.07, 6.45) is 0. The first kappa shape index (κ1) is 10.2. The van der Waals surface area contributed by atoms with Crippen LogP contribution >= 0.6 is 0 Å². The van der Waals surface area contributed by atoms with Crippen molar-refractivity contribution in [3.05, 3.63) is 41.6 Å². The van der Waals surface area contributed by atoms with E-state index in [2.05, 4.69) is 10.2 Å². The molecule has 0 saturated heterocycles. The van der Waals surface area contributed by atoms with Crippen LogP contribution in [0, 0.1) is 6.92 Å². The van der Waals surface area contributed by atoms with Crippen LogP contribution in [0.15, 0.2) is 30.3 Å². The molecule has 0 aliphatic rings. The number of benzene rings is 1. The smallest absolute Gasteiger partial charge is 0.361 e. The van der Waals surface area contributed by atoms with Crippen LogP contribution in [0.4, 0.5) is 5.82 Å². The van der Waals surface area contributed by atoms with Gasteiger partial charge in [-0.1, -0.05) is 12.1 Å². The van der Waals surface area contributed by atoms with Crippen molar-refractivity contribution in [1.29, 1.82) is 0 Å². The Kier molecular flexibility index (Phi) is 2.59. The lowest BCUT2D eigenvalue weighted by molar-refractivity contribution is 0.0728. The number of aromatic nitrogens is 2. The molecule has 0 fully saturated rings. The number of rotatable bonds is 2. The lowest BCUT2D eigenvalue weighted by Gasteiger charge is -2.02. The summed E-state index contributed by atoms with van der Waals surface area (Å²) in [4.78, 5) is 11.6. The Morgan fingerprint density at radius 3 is 2.88 bits per heavy atom. The highest BCUT2D eigenvalue weighted by molar-refractivity contribution is 5.89. The number of nitrogens with zero attached hydrogens (tertiary/aromatic N) is 1. The molecule has 1 aromatic carbocycles. The fourth-order valence-electron chi connectivity index (χ4n) is 1.28. The topological polar surface area (TPSA) is 81.0 Å². The predicted molar refractivity (Wildman–Crippen MR) is 59.1 cm³/mol. The van der Waals surface area contributed by atoms with Gasteiger partial charge < -0.3 is 10.5 Å². The van der Waals surface area contributed by atoms with Gasteiger partial charge in [0.2, 0.25) is 0 Å². The number of aryl methyl sites for hydroxylation is 1. The normalized spacial score (nSPS) is 10.1. The number of hydrogen-bond donors (Lipinski definition) is 2. The highest BCUT2D eigenvalue weighted by Gasteiger charge is 2.11. The van der Waals surface area contributed by atoms with E-state index in [4.69, 9.17) is 10.5 Å². The number of nitrogens with one attached hydrogen (secondary N) is 1. The third-order valence-corrected chi connectivity index (χ3v) is 2.02. The summed E-state index contributed by atoms with van der Waals surface area (Å²) >= 11 is 0. The Labute approximate surface area is 92.2 Å². The van der Waals surface area contributed by atoms with Crippen molar-refractivity contribution in [3.8, 4) is 5.75 Å². The molecule has 1 aromatic heterocycles. The molecular formula is C11H11N3O2. The number of nitrogen functional groups attached to an aromatic ring is 1. The van der Waals surface area contributed by atoms with E-state index in [9.17, 15) is 4.79 Å². The van der Waals surface area contributed by atoms with Crippen molar-refractivity contribution in [2.24, 2.45) is 0 Å². The third kappa shape index (κ3) is 2.20. The van der Waals surface area contributed by atoms with Crippen LogP contribution < -0.4 is 10.5 Å². The highest BCUT2D eigenvalue weighted by Crippen LogP contribution is 2.14. The monoisotopic (exact) mass is 217 g/mol. The fraction of sp³-hybridized carbons (Fsp3) is 0.0909. The first-order chi connectivity index (χ1) is 7.65. The van der Waals surface area contributed by atoms with E-state index in [0.717, 1.165) is 5.56 Å². The summed E-state index contributed by atoms with van der Waals surface area (Å²) in [5.74, 6) is 0.254. The van der Waals surface area contributed by atoms with Crippen molar-refractivity contribution < 1.29 is 9.53 Å². The molecule has 0 spiro atoms. The summed E-state index contributed by atoms with van der Waals surface area (Å²) in [6.45, 7) is 1.92. The van der Waals surface area contributed by atoms with Crippen molar-refractivity contribution in [2.45, 2.75) is 6.92 Å². The summed E-state index contributed by atoms with van der Waals surface area (Å²) in [5, 5.41) is 6.14. The SMILES string of the molecule is Cc1cccc(OC(=O)c2cc(N)n[nH]2)c1. The first-order valence-corrected chi connectivity index (χ1v) is 4.75. The minimum Gasteiger partial charge on any atom is -0.422 e. The molecule has 0 aliphatic carbocycles. The maximum absolute atomic E-state index is 11.6. The van der Waals surface area contributed by atoms with Gasteiger partial charge >= 0.3 is 5.97 Å². The summed E-state index contributed by atoms with van der Waals surface area (Å²) < 4.78 is 5.13. The molecule has 1 heterocycles. The number of carbonyl (C=O) groups is 1. The fourth-order valence-corrected chi connectivity index (χ4v) is 1.28. The van der Waals surface area contributed by atoms with E-state index >= 15 is 0 Å². The largest absolute Gasteiger partial charge is 0.422 e. The molecule has 3 N–H and O–H groups in total. The van der Waals surface area contributed by atoms with Gasteiger partial charge in [-0.15, -0.1) is 0 Å². The number of anilines is 1. The van der Waals surface area contributed by atoms with E-state index in [-0.39, 0.29) is 11.5 Å². The van der Waals surface area contributed by atoms with Crippen molar-refractivity contribution in [3.63, 3.8) is 0 Å². The lowest BCUT2D eigenvalue weighted by atomic mass is 10.2. The average Bonchev–Trinajstić information content (AvgIpc) is 2.65. The zero-order valence-electron chi connectivity index (χ0n) is 8.73. The molecule has 0 amide bonds. The minimum atomic E-state index is -0.505. The molecule has 2 rings (SSSR count). The van der Waals surface area contributed by atoms with Crippen LogP contribution in [0.5, 0.6) is 5.75 Å². The van der Waals surface area contributed by atoms with Crippen molar-refractivity contribution in [2.75, 3.05) is 5.73 Å². The van der Waals surface area contributed by atoms with Crippen LogP contribution in [0.3, 0.4) is 0 Å². The van der Waals surface area contributed by atoms with E-state index in [1.54, 1.807) is 12.1 Å². The summed E-state index contributed by atoms with van der Waals surface area (Å²) in [6, 6.07) is 8.66. The van der Waals surface area contributed by atoms with Gasteiger partial charge in [-0.2, -0.15) is 5.10 Å². The Hall–Kier alpha value is -2.30. The predicted octanol–water partition coefficient (Wildman–Crippen LogP) is 1.52. The Morgan fingerprint density at radius 2 is 2.25 bits per heavy atom. The third-order valence-electron chi connectivity index (χ3n) is 2.02. The second-order valence-electron chi connectivity index (χ2n) is 3.41. The molecule has 0 bridgehead atoms. The molecule has 0 saturated carbocycles. The van der Waals surface area contributed by atoms with Gasteiger partial charge in [0.25, 0.3) is 0 Å². The number of aromatic amines is 1. The van der Waals surface area contributed by atoms with Crippen LogP contribution in [0.25, 0.3) is 0 Å². The highest BCUT2D eigenvalue weighted by atomic mass is 16.5. The molecule has 0 radical (unpaired) electrons. The average molecular weight is 217 g/mol. The van der Waals surface area contributed by atoms with Gasteiger partial charge in [0.1, 0.15) is 17.3 Å². The first-order valence-electron chi connectivity index (χ1n) is 4.75. The molecule has 82 valence electrons. The Balaban J connectivity index is 2.13. The molecular weight excluding hydrogens is 206 g/mol. The Morgan fingerprint density at radius 1 is 1.44 bits per heavy atom. The van der Waals surface area contributed by atoms with E-state index in [1.165, 1.54) is 6.07 Å². The molecule has 2 aromatic rings. The number of hydrogen-bond acceptors (Lipinski definition) is 4. The second-order valence-corrected chi connectivity index (χ2v) is 3.41. The van der Waals surface area contributed by atoms with Gasteiger partial charge in [-0.3, -0.25) is 5.10 Å². The van der Waals surface area contributed by atoms with E-state index in [1.807, 2.05) is 19.1 Å². The number of ether oxygens (including phenoxy) is 1. The van der Waals surface area contributed by atoms with Crippen LogP contribution in [0.1, 0.15) is 16.1 Å². The van der Waals surface area contributed by atoms with Crippen LogP contribution in [-0.2, 0) is 0 Å². The standard InChI is InChI=1S/C11H11N3O2/c1-7-3-2-4-8(5-7)16-11(15)9-6-10(12)14-13-9/h2-6H,1H3,(H3,12,13,14). The molecule has 5 nitrogen and oxygen atoms in total. The number of H-pyrrole nitrogens is 1. The maximum Gasteiger partial charge on any atom is 0.361 e. The quantitative estimate of drug-likeness (QED) is 0.590. The van der Waals surface area contributed by atoms with Gasteiger partial charge in [-0.05, 0) is 24.6 Å². The summed E-state index contributed by atoms with van der Waals surface area (Å²) in [5.41, 5.74) is 6.64. The second kappa shape index (κ2) is 4.06. The van der Waals surface area contributed by atoms with Gasteiger partial charge in [0.05, 0.1) is 0 Å². The van der Waals surface area contributed by atoms with Crippen molar-refractivity contribution >= 4 is 11.8 Å². The molecule has 0 atom stereocenters. The number of nitrogens with two attached hydrogens (primary N) is 1. The van der Waals surface area contributed by atoms with Crippen LogP contribution in [-0.4, -0.2) is 16.2 Å². The van der Waals surface area contributed by atoms with Crippen molar-refractivity contribution in [1.82, 2.24) is 10.2 Å². The zero-order valence-corrected chi connectivity index (χ0v) is 8.73. The van der Waals surface area contributed by atoms with E-state index in [0.29, 0.717) is 5.75 Å². The molecule has 16 heavy (non-hydrogen) atoms. The Bertz CT molecular complexity index is 519. The number of carbonyl (C=O) groups excluding carboxylic acids is 1. The van der Waals surface area contributed by atoms with Gasteiger partial charge in [0, 0.05) is 6.07 Å².